The molecule has 0 aliphatic carbocycles. The van der Waals surface area contributed by atoms with E-state index >= 15 is 0 Å². The van der Waals surface area contributed by atoms with Gasteiger partial charge < -0.3 is 10.4 Å². The lowest BCUT2D eigenvalue weighted by Gasteiger charge is -2.15. The molecule has 1 rings (SSSR count). The Hall–Kier alpha value is -2.16. The molecule has 0 heterocycles. The molecular formula is C13H17FN2O5S. The van der Waals surface area contributed by atoms with E-state index in [-0.39, 0.29) is 17.7 Å². The van der Waals surface area contributed by atoms with Crippen molar-refractivity contribution in [2.45, 2.75) is 25.8 Å². The molecule has 7 nitrogen and oxygen atoms in total. The van der Waals surface area contributed by atoms with E-state index in [0.29, 0.717) is 6.42 Å². The summed E-state index contributed by atoms with van der Waals surface area (Å²) in [6, 6.07) is 1.80. The lowest BCUT2D eigenvalue weighted by atomic mass is 10.1. The number of hydrogen-bond donors (Lipinski definition) is 3. The van der Waals surface area contributed by atoms with Crippen LogP contribution < -0.4 is 10.0 Å². The van der Waals surface area contributed by atoms with Gasteiger partial charge in [0, 0.05) is 0 Å². The molecule has 22 heavy (non-hydrogen) atoms. The van der Waals surface area contributed by atoms with Crippen LogP contribution in [-0.4, -0.2) is 37.7 Å². The molecular weight excluding hydrogens is 315 g/mol. The van der Waals surface area contributed by atoms with Gasteiger partial charge in [0.25, 0.3) is 5.91 Å². The van der Waals surface area contributed by atoms with Gasteiger partial charge in [-0.15, -0.1) is 0 Å². The molecule has 0 radical (unpaired) electrons. The van der Waals surface area contributed by atoms with Gasteiger partial charge in [0.15, 0.2) is 0 Å². The summed E-state index contributed by atoms with van der Waals surface area (Å²) in [5.74, 6) is -2.83. The van der Waals surface area contributed by atoms with Crippen LogP contribution in [0.15, 0.2) is 18.2 Å². The fourth-order valence-electron chi connectivity index (χ4n) is 1.78. The molecule has 0 fully saturated rings. The number of carboxylic acid groups (broad SMARTS) is 1. The molecule has 0 saturated heterocycles. The monoisotopic (exact) mass is 332 g/mol. The molecule has 0 aromatic heterocycles. The lowest BCUT2D eigenvalue weighted by molar-refractivity contribution is -0.139. The van der Waals surface area contributed by atoms with Crippen LogP contribution in [-0.2, 0) is 14.8 Å². The lowest BCUT2D eigenvalue weighted by Crippen LogP contribution is -2.41. The zero-order valence-electron chi connectivity index (χ0n) is 12.1. The summed E-state index contributed by atoms with van der Waals surface area (Å²) >= 11 is 0. The van der Waals surface area contributed by atoms with Gasteiger partial charge in [0.05, 0.1) is 17.5 Å². The van der Waals surface area contributed by atoms with Crippen molar-refractivity contribution in [1.82, 2.24) is 5.32 Å². The van der Waals surface area contributed by atoms with Crippen LogP contribution in [0.3, 0.4) is 0 Å². The predicted molar refractivity (Wildman–Crippen MR) is 78.7 cm³/mol. The summed E-state index contributed by atoms with van der Waals surface area (Å²) in [5, 5.41) is 11.3. The largest absolute Gasteiger partial charge is 0.480 e. The topological polar surface area (TPSA) is 113 Å². The van der Waals surface area contributed by atoms with Crippen LogP contribution in [0, 0.1) is 5.82 Å². The maximum absolute atomic E-state index is 13.3. The third-order valence-electron chi connectivity index (χ3n) is 2.70. The number of carboxylic acids is 1. The highest BCUT2D eigenvalue weighted by Gasteiger charge is 2.22. The van der Waals surface area contributed by atoms with E-state index in [1.165, 1.54) is 0 Å². The van der Waals surface area contributed by atoms with Crippen LogP contribution in [0.5, 0.6) is 0 Å². The average molecular weight is 332 g/mol. The minimum absolute atomic E-state index is 0.123. The van der Waals surface area contributed by atoms with E-state index in [2.05, 4.69) is 10.0 Å². The summed E-state index contributed by atoms with van der Waals surface area (Å²) in [7, 11) is -3.67. The van der Waals surface area contributed by atoms with Gasteiger partial charge >= 0.3 is 5.97 Å². The first kappa shape index (κ1) is 17.9. The quantitative estimate of drug-likeness (QED) is 0.694. The van der Waals surface area contributed by atoms with Gasteiger partial charge in [-0.25, -0.2) is 17.6 Å². The first-order valence-corrected chi connectivity index (χ1v) is 8.34. The van der Waals surface area contributed by atoms with E-state index in [4.69, 9.17) is 5.11 Å². The number of benzene rings is 1. The van der Waals surface area contributed by atoms with Crippen molar-refractivity contribution in [2.24, 2.45) is 0 Å². The maximum Gasteiger partial charge on any atom is 0.326 e. The molecule has 9 heteroatoms. The Morgan fingerprint density at radius 1 is 1.36 bits per heavy atom. The van der Waals surface area contributed by atoms with Gasteiger partial charge in [-0.2, -0.15) is 0 Å². The summed E-state index contributed by atoms with van der Waals surface area (Å²) in [6.45, 7) is 1.75. The van der Waals surface area contributed by atoms with Gasteiger partial charge in [0.1, 0.15) is 11.9 Å². The van der Waals surface area contributed by atoms with Crippen molar-refractivity contribution in [3.8, 4) is 0 Å². The normalized spacial score (nSPS) is 12.5. The third-order valence-corrected chi connectivity index (χ3v) is 3.29. The molecule has 0 spiro atoms. The molecule has 1 aromatic carbocycles. The minimum atomic E-state index is -3.67. The highest BCUT2D eigenvalue weighted by atomic mass is 32.2. The number of carbonyl (C=O) groups is 2. The Labute approximate surface area is 127 Å². The Morgan fingerprint density at radius 3 is 2.50 bits per heavy atom. The number of nitrogens with one attached hydrogen (secondary N) is 2. The number of aliphatic carboxylic acids is 1. The second-order valence-electron chi connectivity index (χ2n) is 4.72. The second-order valence-corrected chi connectivity index (χ2v) is 6.47. The zero-order valence-corrected chi connectivity index (χ0v) is 12.9. The number of hydrogen-bond acceptors (Lipinski definition) is 4. The molecule has 1 atom stereocenters. The van der Waals surface area contributed by atoms with Crippen molar-refractivity contribution in [3.05, 3.63) is 29.6 Å². The van der Waals surface area contributed by atoms with Crippen molar-refractivity contribution < 1.29 is 27.5 Å². The maximum atomic E-state index is 13.3. The number of amides is 1. The highest BCUT2D eigenvalue weighted by molar-refractivity contribution is 7.92. The van der Waals surface area contributed by atoms with Crippen LogP contribution in [0.25, 0.3) is 0 Å². The summed E-state index contributed by atoms with van der Waals surface area (Å²) < 4.78 is 37.9. The van der Waals surface area contributed by atoms with Gasteiger partial charge in [0.2, 0.25) is 10.0 Å². The number of sulfonamides is 1. The number of anilines is 1. The first-order valence-electron chi connectivity index (χ1n) is 6.45. The molecule has 0 saturated carbocycles. The molecule has 1 aromatic rings. The van der Waals surface area contributed by atoms with Crippen LogP contribution in [0.2, 0.25) is 0 Å². The number of halogens is 1. The van der Waals surface area contributed by atoms with E-state index in [1.54, 1.807) is 6.92 Å². The van der Waals surface area contributed by atoms with Gasteiger partial charge in [-0.3, -0.25) is 9.52 Å². The Balaban J connectivity index is 3.10. The standard InChI is InChI=1S/C13H17FN2O5S/c1-3-4-11(13(18)19)15-12(17)9-7-8(14)5-6-10(9)16-22(2,20)21/h5-7,11,16H,3-4H2,1-2H3,(H,15,17)(H,18,19). The predicted octanol–water partition coefficient (Wildman–Crippen LogP) is 1.18. The molecule has 0 bridgehead atoms. The average Bonchev–Trinajstić information content (AvgIpc) is 2.38. The fourth-order valence-corrected chi connectivity index (χ4v) is 2.35. The Morgan fingerprint density at radius 2 is 2.00 bits per heavy atom. The Bertz CT molecular complexity index is 675. The number of rotatable bonds is 7. The summed E-state index contributed by atoms with van der Waals surface area (Å²) in [6.07, 6.45) is 1.61. The Kier molecular flexibility index (Phi) is 5.86. The van der Waals surface area contributed by atoms with Crippen molar-refractivity contribution in [2.75, 3.05) is 11.0 Å². The third kappa shape index (κ3) is 5.32. The first-order chi connectivity index (χ1) is 10.1. The summed E-state index contributed by atoms with van der Waals surface area (Å²) in [5.41, 5.74) is -0.408. The van der Waals surface area contributed by atoms with Crippen LogP contribution in [0.1, 0.15) is 30.1 Å². The fraction of sp³-hybridized carbons (Fsp3) is 0.385. The highest BCUT2D eigenvalue weighted by Crippen LogP contribution is 2.18. The van der Waals surface area contributed by atoms with E-state index < -0.39 is 33.8 Å². The molecule has 122 valence electrons. The molecule has 0 aliphatic heterocycles. The molecule has 3 N–H and O–H groups in total. The van der Waals surface area contributed by atoms with E-state index in [1.807, 2.05) is 0 Å². The van der Waals surface area contributed by atoms with Gasteiger partial charge in [-0.05, 0) is 24.6 Å². The number of carbonyl (C=O) groups excluding carboxylic acids is 1. The van der Waals surface area contributed by atoms with E-state index in [9.17, 15) is 22.4 Å². The molecule has 1 amide bonds. The van der Waals surface area contributed by atoms with Crippen LogP contribution in [0.4, 0.5) is 10.1 Å². The minimum Gasteiger partial charge on any atom is -0.480 e. The molecule has 1 unspecified atom stereocenters. The SMILES string of the molecule is CCCC(NC(=O)c1cc(F)ccc1NS(C)(=O)=O)C(=O)O. The van der Waals surface area contributed by atoms with Crippen molar-refractivity contribution in [1.29, 1.82) is 0 Å². The smallest absolute Gasteiger partial charge is 0.326 e. The second kappa shape index (κ2) is 7.21. The summed E-state index contributed by atoms with van der Waals surface area (Å²) in [4.78, 5) is 23.2. The molecule has 0 aliphatic rings. The van der Waals surface area contributed by atoms with Crippen molar-refractivity contribution in [3.63, 3.8) is 0 Å². The van der Waals surface area contributed by atoms with Gasteiger partial charge in [-0.1, -0.05) is 13.3 Å². The van der Waals surface area contributed by atoms with Crippen LogP contribution >= 0.6 is 0 Å². The zero-order chi connectivity index (χ0) is 16.9. The van der Waals surface area contributed by atoms with Crippen molar-refractivity contribution >= 4 is 27.6 Å². The van der Waals surface area contributed by atoms with E-state index in [0.717, 1.165) is 24.5 Å².